The zero-order valence-electron chi connectivity index (χ0n) is 11.1. The molecule has 20 heavy (non-hydrogen) atoms. The Labute approximate surface area is 116 Å². The number of nitro groups is 1. The van der Waals surface area contributed by atoms with Gasteiger partial charge in [0.15, 0.2) is 0 Å². The molecule has 0 unspecified atom stereocenters. The number of rotatable bonds is 3. The molecule has 1 aromatic heterocycles. The Morgan fingerprint density at radius 1 is 1.25 bits per heavy atom. The summed E-state index contributed by atoms with van der Waals surface area (Å²) in [5, 5.41) is 20.0. The van der Waals surface area contributed by atoms with E-state index in [0.717, 1.165) is 44.8 Å². The lowest BCUT2D eigenvalue weighted by Gasteiger charge is -2.25. The largest absolute Gasteiger partial charge is 0.478 e. The minimum absolute atomic E-state index is 0.160. The summed E-state index contributed by atoms with van der Waals surface area (Å²) in [5.74, 6) is -0.929. The first-order chi connectivity index (χ1) is 9.59. The van der Waals surface area contributed by atoms with Crippen molar-refractivity contribution in [1.82, 2.24) is 4.98 Å². The predicted molar refractivity (Wildman–Crippen MR) is 73.1 cm³/mol. The van der Waals surface area contributed by atoms with Crippen molar-refractivity contribution in [2.45, 2.75) is 32.1 Å². The van der Waals surface area contributed by atoms with Gasteiger partial charge in [-0.25, -0.2) is 9.78 Å². The van der Waals surface area contributed by atoms with E-state index >= 15 is 0 Å². The van der Waals surface area contributed by atoms with Gasteiger partial charge in [0.2, 0.25) is 5.82 Å². The minimum atomic E-state index is -1.21. The molecule has 0 atom stereocenters. The van der Waals surface area contributed by atoms with E-state index in [2.05, 4.69) is 4.98 Å². The summed E-state index contributed by atoms with van der Waals surface area (Å²) in [6, 6.07) is 1.09. The van der Waals surface area contributed by atoms with Crippen LogP contribution in [0.3, 0.4) is 0 Å². The zero-order chi connectivity index (χ0) is 14.5. The number of aromatic nitrogens is 1. The third kappa shape index (κ3) is 3.23. The highest BCUT2D eigenvalue weighted by Crippen LogP contribution is 2.28. The van der Waals surface area contributed by atoms with E-state index < -0.39 is 10.9 Å². The van der Waals surface area contributed by atoms with Crippen LogP contribution in [0.1, 0.15) is 42.5 Å². The van der Waals surface area contributed by atoms with Crippen LogP contribution in [0.4, 0.5) is 11.5 Å². The van der Waals surface area contributed by atoms with Crippen LogP contribution >= 0.6 is 0 Å². The van der Waals surface area contributed by atoms with Crippen LogP contribution in [-0.2, 0) is 0 Å². The first-order valence-corrected chi connectivity index (χ1v) is 6.72. The third-order valence-electron chi connectivity index (χ3n) is 3.45. The SMILES string of the molecule is O=C(O)c1cnc(N2CCCCCCC2)c([N+](=O)[O-])c1. The molecule has 7 heteroatoms. The monoisotopic (exact) mass is 279 g/mol. The molecule has 0 aromatic carbocycles. The van der Waals surface area contributed by atoms with Crippen LogP contribution in [0, 0.1) is 10.1 Å². The highest BCUT2D eigenvalue weighted by atomic mass is 16.6. The molecular weight excluding hydrogens is 262 g/mol. The van der Waals surface area contributed by atoms with Gasteiger partial charge in [-0.05, 0) is 12.8 Å². The zero-order valence-corrected chi connectivity index (χ0v) is 11.1. The van der Waals surface area contributed by atoms with Crippen LogP contribution in [0.2, 0.25) is 0 Å². The van der Waals surface area contributed by atoms with Crippen molar-refractivity contribution < 1.29 is 14.8 Å². The van der Waals surface area contributed by atoms with Gasteiger partial charge in [-0.1, -0.05) is 19.3 Å². The Balaban J connectivity index is 2.33. The molecule has 1 saturated heterocycles. The van der Waals surface area contributed by atoms with Gasteiger partial charge >= 0.3 is 11.7 Å². The van der Waals surface area contributed by atoms with Gasteiger partial charge in [-0.2, -0.15) is 0 Å². The van der Waals surface area contributed by atoms with Crippen LogP contribution in [0.25, 0.3) is 0 Å². The van der Waals surface area contributed by atoms with Crippen molar-refractivity contribution >= 4 is 17.5 Å². The maximum Gasteiger partial charge on any atom is 0.337 e. The molecule has 1 N–H and O–H groups in total. The van der Waals surface area contributed by atoms with Crippen LogP contribution in [-0.4, -0.2) is 34.1 Å². The minimum Gasteiger partial charge on any atom is -0.478 e. The molecule has 108 valence electrons. The van der Waals surface area contributed by atoms with Crippen molar-refractivity contribution in [3.63, 3.8) is 0 Å². The van der Waals surface area contributed by atoms with Crippen molar-refractivity contribution in [3.8, 4) is 0 Å². The van der Waals surface area contributed by atoms with Crippen LogP contribution in [0.5, 0.6) is 0 Å². The average molecular weight is 279 g/mol. The van der Waals surface area contributed by atoms with Gasteiger partial charge in [-0.15, -0.1) is 0 Å². The fourth-order valence-electron chi connectivity index (χ4n) is 2.40. The Morgan fingerprint density at radius 2 is 1.85 bits per heavy atom. The van der Waals surface area contributed by atoms with E-state index in [9.17, 15) is 14.9 Å². The topological polar surface area (TPSA) is 96.6 Å². The van der Waals surface area contributed by atoms with E-state index in [4.69, 9.17) is 5.11 Å². The van der Waals surface area contributed by atoms with Crippen molar-refractivity contribution in [1.29, 1.82) is 0 Å². The first-order valence-electron chi connectivity index (χ1n) is 6.72. The number of carboxylic acids is 1. The van der Waals surface area contributed by atoms with E-state index in [1.807, 2.05) is 4.90 Å². The maximum absolute atomic E-state index is 11.1. The van der Waals surface area contributed by atoms with Gasteiger partial charge in [-0.3, -0.25) is 10.1 Å². The second-order valence-corrected chi connectivity index (χ2v) is 4.88. The highest BCUT2D eigenvalue weighted by Gasteiger charge is 2.23. The summed E-state index contributed by atoms with van der Waals surface area (Å²) in [7, 11) is 0. The normalized spacial score (nSPS) is 16.3. The molecule has 1 fully saturated rings. The number of pyridine rings is 1. The summed E-state index contributed by atoms with van der Waals surface area (Å²) >= 11 is 0. The molecule has 0 radical (unpaired) electrons. The number of nitrogens with zero attached hydrogens (tertiary/aromatic N) is 3. The second-order valence-electron chi connectivity index (χ2n) is 4.88. The molecule has 2 rings (SSSR count). The lowest BCUT2D eigenvalue weighted by atomic mass is 10.1. The van der Waals surface area contributed by atoms with Crippen LogP contribution < -0.4 is 4.90 Å². The van der Waals surface area contributed by atoms with Crippen LogP contribution in [0.15, 0.2) is 12.3 Å². The summed E-state index contributed by atoms with van der Waals surface area (Å²) in [6.45, 7) is 1.44. The highest BCUT2D eigenvalue weighted by molar-refractivity contribution is 5.88. The molecule has 1 aliphatic heterocycles. The molecule has 0 spiro atoms. The molecular formula is C13H17N3O4. The Hall–Kier alpha value is -2.18. The van der Waals surface area contributed by atoms with Gasteiger partial charge in [0.25, 0.3) is 0 Å². The van der Waals surface area contributed by atoms with E-state index in [1.54, 1.807) is 0 Å². The van der Waals surface area contributed by atoms with Gasteiger partial charge < -0.3 is 10.0 Å². The van der Waals surface area contributed by atoms with Gasteiger partial charge in [0.1, 0.15) is 0 Å². The number of carboxylic acid groups (broad SMARTS) is 1. The Kier molecular flexibility index (Phi) is 4.49. The fourth-order valence-corrected chi connectivity index (χ4v) is 2.40. The summed E-state index contributed by atoms with van der Waals surface area (Å²) < 4.78 is 0. The Bertz CT molecular complexity index is 510. The quantitative estimate of drug-likeness (QED) is 0.674. The molecule has 7 nitrogen and oxygen atoms in total. The molecule has 0 saturated carbocycles. The molecule has 2 heterocycles. The standard InChI is InChI=1S/C13H17N3O4/c17-13(18)10-8-11(16(19)20)12(14-9-10)15-6-4-2-1-3-5-7-15/h8-9H,1-7H2,(H,17,18). The number of carbonyl (C=O) groups is 1. The summed E-state index contributed by atoms with van der Waals surface area (Å²) in [6.07, 6.45) is 6.54. The molecule has 0 bridgehead atoms. The maximum atomic E-state index is 11.1. The van der Waals surface area contributed by atoms with Crippen molar-refractivity contribution in [3.05, 3.63) is 27.9 Å². The number of anilines is 1. The summed E-state index contributed by atoms with van der Waals surface area (Å²) in [5.41, 5.74) is -0.391. The fraction of sp³-hybridized carbons (Fsp3) is 0.538. The molecule has 0 amide bonds. The van der Waals surface area contributed by atoms with Gasteiger partial charge in [0, 0.05) is 25.4 Å². The van der Waals surface area contributed by atoms with E-state index in [-0.39, 0.29) is 17.1 Å². The summed E-state index contributed by atoms with van der Waals surface area (Å²) in [4.78, 5) is 27.4. The Morgan fingerprint density at radius 3 is 2.40 bits per heavy atom. The number of hydrogen-bond acceptors (Lipinski definition) is 5. The van der Waals surface area contributed by atoms with E-state index in [0.29, 0.717) is 0 Å². The van der Waals surface area contributed by atoms with Gasteiger partial charge in [0.05, 0.1) is 10.5 Å². The van der Waals surface area contributed by atoms with E-state index in [1.165, 1.54) is 12.6 Å². The molecule has 1 aliphatic rings. The average Bonchev–Trinajstić information content (AvgIpc) is 2.37. The molecule has 0 aliphatic carbocycles. The predicted octanol–water partition coefficient (Wildman–Crippen LogP) is 2.46. The number of aromatic carboxylic acids is 1. The lowest BCUT2D eigenvalue weighted by molar-refractivity contribution is -0.384. The first kappa shape index (κ1) is 14.2. The van der Waals surface area contributed by atoms with Crippen molar-refractivity contribution in [2.24, 2.45) is 0 Å². The number of hydrogen-bond donors (Lipinski definition) is 1. The van der Waals surface area contributed by atoms with Crippen molar-refractivity contribution in [2.75, 3.05) is 18.0 Å². The lowest BCUT2D eigenvalue weighted by Crippen LogP contribution is -2.28. The third-order valence-corrected chi connectivity index (χ3v) is 3.45. The second kappa shape index (κ2) is 6.31. The smallest absolute Gasteiger partial charge is 0.337 e. The molecule has 1 aromatic rings.